The lowest BCUT2D eigenvalue weighted by atomic mass is 10.2. The number of carbonyl (C=O) groups is 2. The molecule has 0 fully saturated rings. The van der Waals surface area contributed by atoms with Crippen molar-refractivity contribution in [2.24, 2.45) is 0 Å². The van der Waals surface area contributed by atoms with Crippen molar-refractivity contribution in [3.05, 3.63) is 59.6 Å². The molecule has 0 radical (unpaired) electrons. The monoisotopic (exact) mass is 409 g/mol. The molecule has 0 aliphatic carbocycles. The van der Waals surface area contributed by atoms with Crippen molar-refractivity contribution in [2.45, 2.75) is 6.61 Å². The Hall–Kier alpha value is -3.39. The van der Waals surface area contributed by atoms with E-state index in [1.165, 1.54) is 11.3 Å². The largest absolute Gasteiger partial charge is 0.497 e. The molecule has 7 nitrogen and oxygen atoms in total. The van der Waals surface area contributed by atoms with Crippen molar-refractivity contribution in [2.75, 3.05) is 30.4 Å². The summed E-state index contributed by atoms with van der Waals surface area (Å²) in [5.41, 5.74) is 3.12. The smallest absolute Gasteiger partial charge is 0.325 e. The molecular weight excluding hydrogens is 390 g/mol. The molecule has 0 bridgehead atoms. The van der Waals surface area contributed by atoms with E-state index in [0.717, 1.165) is 22.0 Å². The number of carbonyl (C=O) groups excluding carboxylic acids is 2. The molecule has 29 heavy (non-hydrogen) atoms. The molecule has 0 spiro atoms. The van der Waals surface area contributed by atoms with Crippen LogP contribution in [-0.2, 0) is 20.9 Å². The van der Waals surface area contributed by atoms with Gasteiger partial charge in [-0.2, -0.15) is 0 Å². The summed E-state index contributed by atoms with van der Waals surface area (Å²) in [7, 11) is 1.62. The Morgan fingerprint density at radius 1 is 1.24 bits per heavy atom. The molecule has 3 aromatic rings. The summed E-state index contributed by atoms with van der Waals surface area (Å²) in [6.07, 6.45) is 0. The fourth-order valence-corrected chi connectivity index (χ4v) is 3.86. The molecule has 148 valence electrons. The number of benzene rings is 2. The molecular formula is C21H19N3O4S. The molecule has 1 aliphatic heterocycles. The Labute approximate surface area is 171 Å². The van der Waals surface area contributed by atoms with E-state index >= 15 is 0 Å². The second-order valence-electron chi connectivity index (χ2n) is 6.46. The number of ether oxygens (including phenoxy) is 2. The fourth-order valence-electron chi connectivity index (χ4n) is 3.06. The third-order valence-corrected chi connectivity index (χ3v) is 5.36. The molecule has 2 heterocycles. The second kappa shape index (κ2) is 8.32. The standard InChI is InChI=1S/C21H19N3O4S/c1-27-16-6-4-5-14(9-16)21-22-15(13-29-21)12-28-20(26)11-24-10-19(25)23-17-7-2-3-8-18(17)24/h2-9,13H,10-12H2,1H3,(H,23,25). The molecule has 0 atom stereocenters. The molecule has 1 aromatic heterocycles. The van der Waals surface area contributed by atoms with Crippen LogP contribution >= 0.6 is 11.3 Å². The van der Waals surface area contributed by atoms with E-state index in [2.05, 4.69) is 10.3 Å². The molecule has 1 N–H and O–H groups in total. The first-order valence-corrected chi connectivity index (χ1v) is 9.88. The zero-order valence-corrected chi connectivity index (χ0v) is 16.6. The lowest BCUT2D eigenvalue weighted by molar-refractivity contribution is -0.143. The van der Waals surface area contributed by atoms with Crippen LogP contribution in [-0.4, -0.2) is 37.1 Å². The molecule has 0 saturated carbocycles. The highest BCUT2D eigenvalue weighted by molar-refractivity contribution is 7.13. The zero-order chi connectivity index (χ0) is 20.2. The number of nitrogens with zero attached hydrogens (tertiary/aromatic N) is 2. The fraction of sp³-hybridized carbons (Fsp3) is 0.190. The van der Waals surface area contributed by atoms with E-state index in [-0.39, 0.29) is 25.6 Å². The Morgan fingerprint density at radius 2 is 2.10 bits per heavy atom. The highest BCUT2D eigenvalue weighted by Gasteiger charge is 2.23. The zero-order valence-electron chi connectivity index (χ0n) is 15.8. The third-order valence-electron chi connectivity index (χ3n) is 4.42. The number of methoxy groups -OCH3 is 1. The van der Waals surface area contributed by atoms with Gasteiger partial charge in [-0.25, -0.2) is 4.98 Å². The van der Waals surface area contributed by atoms with Crippen molar-refractivity contribution < 1.29 is 19.1 Å². The van der Waals surface area contributed by atoms with Gasteiger partial charge in [0, 0.05) is 10.9 Å². The maximum Gasteiger partial charge on any atom is 0.325 e. The van der Waals surface area contributed by atoms with Gasteiger partial charge in [0.05, 0.1) is 30.7 Å². The van der Waals surface area contributed by atoms with Crippen LogP contribution in [0, 0.1) is 0 Å². The van der Waals surface area contributed by atoms with Crippen LogP contribution in [0.25, 0.3) is 10.6 Å². The number of esters is 1. The van der Waals surface area contributed by atoms with Crippen LogP contribution < -0.4 is 15.0 Å². The second-order valence-corrected chi connectivity index (χ2v) is 7.32. The number of fused-ring (bicyclic) bond motifs is 1. The Kier molecular flexibility index (Phi) is 5.44. The van der Waals surface area contributed by atoms with Crippen LogP contribution in [0.15, 0.2) is 53.9 Å². The summed E-state index contributed by atoms with van der Waals surface area (Å²) in [5, 5.41) is 5.49. The summed E-state index contributed by atoms with van der Waals surface area (Å²) in [6, 6.07) is 15.0. The first-order valence-electron chi connectivity index (χ1n) is 9.00. The normalized spacial score (nSPS) is 12.9. The number of hydrogen-bond donors (Lipinski definition) is 1. The summed E-state index contributed by atoms with van der Waals surface area (Å²) >= 11 is 1.48. The molecule has 2 aromatic carbocycles. The summed E-state index contributed by atoms with van der Waals surface area (Å²) in [6.45, 7) is 0.196. The quantitative estimate of drug-likeness (QED) is 0.629. The summed E-state index contributed by atoms with van der Waals surface area (Å²) < 4.78 is 10.6. The van der Waals surface area contributed by atoms with E-state index < -0.39 is 5.97 Å². The molecule has 0 saturated heterocycles. The van der Waals surface area contributed by atoms with Gasteiger partial charge in [0.2, 0.25) is 5.91 Å². The van der Waals surface area contributed by atoms with Crippen molar-refractivity contribution in [3.8, 4) is 16.3 Å². The number of nitrogens with one attached hydrogen (secondary N) is 1. The van der Waals surface area contributed by atoms with Gasteiger partial charge in [0.15, 0.2) is 0 Å². The van der Waals surface area contributed by atoms with Gasteiger partial charge < -0.3 is 19.7 Å². The average Bonchev–Trinajstić information content (AvgIpc) is 3.21. The van der Waals surface area contributed by atoms with Gasteiger partial charge in [0.25, 0.3) is 0 Å². The van der Waals surface area contributed by atoms with Gasteiger partial charge in [-0.1, -0.05) is 24.3 Å². The minimum Gasteiger partial charge on any atom is -0.497 e. The van der Waals surface area contributed by atoms with Crippen LogP contribution in [0.4, 0.5) is 11.4 Å². The molecule has 4 rings (SSSR count). The number of aromatic nitrogens is 1. The van der Waals surface area contributed by atoms with Gasteiger partial charge in [0.1, 0.15) is 23.9 Å². The van der Waals surface area contributed by atoms with Crippen molar-refractivity contribution >= 4 is 34.6 Å². The highest BCUT2D eigenvalue weighted by Crippen LogP contribution is 2.29. The van der Waals surface area contributed by atoms with Gasteiger partial charge in [-0.05, 0) is 24.3 Å². The minimum absolute atomic E-state index is 0.00267. The Bertz CT molecular complexity index is 1050. The highest BCUT2D eigenvalue weighted by atomic mass is 32.1. The van der Waals surface area contributed by atoms with Crippen LogP contribution in [0.5, 0.6) is 5.75 Å². The number of hydrogen-bond acceptors (Lipinski definition) is 7. The van der Waals surface area contributed by atoms with Gasteiger partial charge >= 0.3 is 5.97 Å². The van der Waals surface area contributed by atoms with Crippen LogP contribution in [0.3, 0.4) is 0 Å². The van der Waals surface area contributed by atoms with E-state index in [0.29, 0.717) is 11.4 Å². The van der Waals surface area contributed by atoms with E-state index in [1.54, 1.807) is 18.1 Å². The average molecular weight is 409 g/mol. The van der Waals surface area contributed by atoms with E-state index in [4.69, 9.17) is 9.47 Å². The molecule has 8 heteroatoms. The maximum atomic E-state index is 12.3. The molecule has 1 aliphatic rings. The lowest BCUT2D eigenvalue weighted by Gasteiger charge is -2.29. The number of para-hydroxylation sites is 2. The summed E-state index contributed by atoms with van der Waals surface area (Å²) in [5.74, 6) is 0.195. The number of thiazole rings is 1. The van der Waals surface area contributed by atoms with Crippen molar-refractivity contribution in [1.29, 1.82) is 0 Å². The first-order chi connectivity index (χ1) is 14.1. The number of rotatable bonds is 6. The molecule has 1 amide bonds. The predicted octanol–water partition coefficient (Wildman–Crippen LogP) is 3.32. The number of amides is 1. The lowest BCUT2D eigenvalue weighted by Crippen LogP contribution is -2.41. The van der Waals surface area contributed by atoms with Crippen molar-refractivity contribution in [1.82, 2.24) is 4.98 Å². The Morgan fingerprint density at radius 3 is 2.97 bits per heavy atom. The third kappa shape index (κ3) is 4.38. The first kappa shape index (κ1) is 18.9. The van der Waals surface area contributed by atoms with Gasteiger partial charge in [-0.15, -0.1) is 11.3 Å². The summed E-state index contributed by atoms with van der Waals surface area (Å²) in [4.78, 5) is 30.4. The van der Waals surface area contributed by atoms with Crippen LogP contribution in [0.1, 0.15) is 5.69 Å². The predicted molar refractivity (Wildman–Crippen MR) is 111 cm³/mol. The SMILES string of the molecule is COc1cccc(-c2nc(COC(=O)CN3CC(=O)Nc4ccccc43)cs2)c1. The van der Waals surface area contributed by atoms with Crippen molar-refractivity contribution in [3.63, 3.8) is 0 Å². The van der Waals surface area contributed by atoms with Crippen LogP contribution in [0.2, 0.25) is 0 Å². The van der Waals surface area contributed by atoms with E-state index in [1.807, 2.05) is 47.8 Å². The number of anilines is 2. The Balaban J connectivity index is 1.37. The topological polar surface area (TPSA) is 80.8 Å². The van der Waals surface area contributed by atoms with Gasteiger partial charge in [-0.3, -0.25) is 9.59 Å². The van der Waals surface area contributed by atoms with E-state index in [9.17, 15) is 9.59 Å². The molecule has 0 unspecified atom stereocenters. The maximum absolute atomic E-state index is 12.3. The minimum atomic E-state index is -0.412.